The Morgan fingerprint density at radius 3 is 2.40 bits per heavy atom. The van der Waals surface area contributed by atoms with E-state index in [0.717, 1.165) is 5.56 Å². The van der Waals surface area contributed by atoms with E-state index in [9.17, 15) is 19.2 Å². The number of nitrogens with one attached hydrogen (secondary N) is 2. The molecule has 10 nitrogen and oxygen atoms in total. The van der Waals surface area contributed by atoms with Crippen molar-refractivity contribution in [3.63, 3.8) is 0 Å². The van der Waals surface area contributed by atoms with Crippen molar-refractivity contribution < 1.29 is 38.1 Å². The van der Waals surface area contributed by atoms with Gasteiger partial charge in [-0.05, 0) is 55.5 Å². The summed E-state index contributed by atoms with van der Waals surface area (Å²) in [6.45, 7) is 8.92. The van der Waals surface area contributed by atoms with E-state index in [1.165, 1.54) is 13.2 Å². The lowest BCUT2D eigenvalue weighted by Gasteiger charge is -2.29. The third-order valence-electron chi connectivity index (χ3n) is 8.41. The Morgan fingerprint density at radius 2 is 1.74 bits per heavy atom. The maximum absolute atomic E-state index is 13.6. The molecular formula is C36H45ClN2O8. The first-order chi connectivity index (χ1) is 22.3. The van der Waals surface area contributed by atoms with Crippen molar-refractivity contribution in [1.29, 1.82) is 0 Å². The molecule has 2 heterocycles. The Labute approximate surface area is 281 Å². The number of cyclic esters (lactones) is 2. The molecule has 4 rings (SSSR count). The SMILES string of the molecule is COc1ccc(C[C@@H]2NC(=O)/C=C\C[C@@H]([C@H](C)[C@H]3O[C@@H]3c3ccccc3)OC(=O)[C@H](CC(C)C)OC(=O)C(C)(C)CNC2=O)cc1Cl. The topological polar surface area (TPSA) is 133 Å². The summed E-state index contributed by atoms with van der Waals surface area (Å²) in [4.78, 5) is 53.6. The van der Waals surface area contributed by atoms with Gasteiger partial charge in [0.15, 0.2) is 6.10 Å². The highest BCUT2D eigenvalue weighted by molar-refractivity contribution is 6.32. The van der Waals surface area contributed by atoms with Gasteiger partial charge in [0.05, 0.1) is 23.7 Å². The zero-order valence-corrected chi connectivity index (χ0v) is 28.5. The first kappa shape index (κ1) is 36.0. The van der Waals surface area contributed by atoms with Gasteiger partial charge in [-0.15, -0.1) is 0 Å². The van der Waals surface area contributed by atoms with Crippen LogP contribution < -0.4 is 15.4 Å². The van der Waals surface area contributed by atoms with E-state index in [2.05, 4.69) is 10.6 Å². The molecule has 2 aromatic carbocycles. The minimum Gasteiger partial charge on any atom is -0.495 e. The molecule has 11 heteroatoms. The molecule has 0 spiro atoms. The number of hydrogen-bond donors (Lipinski definition) is 2. The van der Waals surface area contributed by atoms with E-state index in [1.54, 1.807) is 38.1 Å². The lowest BCUT2D eigenvalue weighted by atomic mass is 9.92. The van der Waals surface area contributed by atoms with E-state index >= 15 is 0 Å². The number of halogens is 1. The molecule has 0 radical (unpaired) electrons. The largest absolute Gasteiger partial charge is 0.495 e. The molecule has 0 saturated carbocycles. The van der Waals surface area contributed by atoms with Crippen LogP contribution in [0.2, 0.25) is 5.02 Å². The Bertz CT molecular complexity index is 1460. The fourth-order valence-corrected chi connectivity index (χ4v) is 5.75. The Kier molecular flexibility index (Phi) is 12.1. The monoisotopic (exact) mass is 668 g/mol. The highest BCUT2D eigenvalue weighted by Crippen LogP contribution is 2.45. The standard InChI is InChI=1S/C36H45ClN2O8/c1-21(2)17-29-34(42)45-27(22(3)31-32(47-31)24-11-8-7-9-12-24)13-10-14-30(40)39-26(19-23-15-16-28(44-6)25(37)18-23)33(41)38-20-36(4,5)35(43)46-29/h7-12,14-16,18,21-22,26-27,29,31-32H,13,17,19-20H2,1-6H3,(H,38,41)(H,39,40)/b14-10-/t22-,26-,27-,29-,31+,32+/m0/s1. The third-order valence-corrected chi connectivity index (χ3v) is 8.70. The predicted molar refractivity (Wildman–Crippen MR) is 177 cm³/mol. The molecule has 0 unspecified atom stereocenters. The van der Waals surface area contributed by atoms with Gasteiger partial charge in [0, 0.05) is 25.3 Å². The third kappa shape index (κ3) is 9.81. The van der Waals surface area contributed by atoms with Crippen LogP contribution in [-0.2, 0) is 39.8 Å². The maximum Gasteiger partial charge on any atom is 0.347 e. The fourth-order valence-electron chi connectivity index (χ4n) is 5.46. The van der Waals surface area contributed by atoms with Crippen LogP contribution in [-0.4, -0.2) is 61.8 Å². The molecule has 254 valence electrons. The van der Waals surface area contributed by atoms with Crippen LogP contribution in [0.1, 0.15) is 64.7 Å². The Morgan fingerprint density at radius 1 is 1.02 bits per heavy atom. The van der Waals surface area contributed by atoms with Gasteiger partial charge in [-0.2, -0.15) is 0 Å². The summed E-state index contributed by atoms with van der Waals surface area (Å²) < 4.78 is 23.1. The summed E-state index contributed by atoms with van der Waals surface area (Å²) in [6, 6.07) is 13.9. The van der Waals surface area contributed by atoms with Gasteiger partial charge in [0.25, 0.3) is 0 Å². The maximum atomic E-state index is 13.6. The molecule has 1 saturated heterocycles. The zero-order valence-electron chi connectivity index (χ0n) is 27.8. The second kappa shape index (κ2) is 15.8. The van der Waals surface area contributed by atoms with Gasteiger partial charge < -0.3 is 29.6 Å². The summed E-state index contributed by atoms with van der Waals surface area (Å²) in [5.74, 6) is -2.06. The van der Waals surface area contributed by atoms with Crippen LogP contribution >= 0.6 is 11.6 Å². The van der Waals surface area contributed by atoms with Crippen LogP contribution in [0.4, 0.5) is 0 Å². The number of benzene rings is 2. The number of hydrogen-bond acceptors (Lipinski definition) is 8. The zero-order chi connectivity index (χ0) is 34.3. The van der Waals surface area contributed by atoms with E-state index in [1.807, 2.05) is 51.1 Å². The minimum absolute atomic E-state index is 0.0228. The normalized spacial score (nSPS) is 26.8. The van der Waals surface area contributed by atoms with Gasteiger partial charge in [-0.3, -0.25) is 14.4 Å². The fraction of sp³-hybridized carbons (Fsp3) is 0.500. The number of ether oxygens (including phenoxy) is 4. The molecule has 2 aliphatic rings. The number of epoxide rings is 1. The van der Waals surface area contributed by atoms with E-state index in [0.29, 0.717) is 16.3 Å². The molecule has 0 bridgehead atoms. The van der Waals surface area contributed by atoms with Crippen molar-refractivity contribution in [1.82, 2.24) is 10.6 Å². The lowest BCUT2D eigenvalue weighted by Crippen LogP contribution is -2.51. The van der Waals surface area contributed by atoms with E-state index < -0.39 is 47.4 Å². The Hall–Kier alpha value is -3.89. The molecule has 6 atom stereocenters. The number of carbonyl (C=O) groups excluding carboxylic acids is 4. The first-order valence-electron chi connectivity index (χ1n) is 16.0. The average molecular weight is 669 g/mol. The van der Waals surface area contributed by atoms with Gasteiger partial charge in [0.2, 0.25) is 11.8 Å². The number of carbonyl (C=O) groups is 4. The second-order valence-electron chi connectivity index (χ2n) is 13.3. The van der Waals surface area contributed by atoms with Crippen molar-refractivity contribution in [2.75, 3.05) is 13.7 Å². The average Bonchev–Trinajstić information content (AvgIpc) is 3.83. The molecule has 2 aromatic rings. The van der Waals surface area contributed by atoms with E-state index in [4.69, 9.17) is 30.5 Å². The van der Waals surface area contributed by atoms with Crippen LogP contribution in [0.5, 0.6) is 5.75 Å². The van der Waals surface area contributed by atoms with Crippen molar-refractivity contribution in [2.45, 2.75) is 84.3 Å². The van der Waals surface area contributed by atoms with Gasteiger partial charge >= 0.3 is 11.9 Å². The van der Waals surface area contributed by atoms with Crippen LogP contribution in [0.3, 0.4) is 0 Å². The molecule has 2 N–H and O–H groups in total. The van der Waals surface area contributed by atoms with Crippen LogP contribution in [0.25, 0.3) is 0 Å². The highest BCUT2D eigenvalue weighted by atomic mass is 35.5. The van der Waals surface area contributed by atoms with Crippen molar-refractivity contribution in [3.8, 4) is 5.75 Å². The Balaban J connectivity index is 1.61. The summed E-state index contributed by atoms with van der Waals surface area (Å²) in [5, 5.41) is 5.91. The molecule has 0 aliphatic carbocycles. The number of amides is 2. The smallest absolute Gasteiger partial charge is 0.347 e. The molecule has 1 fully saturated rings. The van der Waals surface area contributed by atoms with Crippen molar-refractivity contribution in [2.24, 2.45) is 17.3 Å². The van der Waals surface area contributed by atoms with Gasteiger partial charge in [-0.25, -0.2) is 4.79 Å². The molecular weight excluding hydrogens is 624 g/mol. The highest BCUT2D eigenvalue weighted by Gasteiger charge is 2.48. The molecule has 2 amide bonds. The first-order valence-corrected chi connectivity index (χ1v) is 16.4. The van der Waals surface area contributed by atoms with E-state index in [-0.39, 0.29) is 49.9 Å². The molecule has 2 aliphatic heterocycles. The quantitative estimate of drug-likeness (QED) is 0.293. The number of esters is 2. The summed E-state index contributed by atoms with van der Waals surface area (Å²) in [5.41, 5.74) is 0.524. The van der Waals surface area contributed by atoms with Crippen LogP contribution in [0, 0.1) is 17.3 Å². The summed E-state index contributed by atoms with van der Waals surface area (Å²) in [7, 11) is 1.51. The summed E-state index contributed by atoms with van der Waals surface area (Å²) >= 11 is 6.32. The number of rotatable bonds is 8. The van der Waals surface area contributed by atoms with Crippen molar-refractivity contribution in [3.05, 3.63) is 76.8 Å². The predicted octanol–water partition coefficient (Wildman–Crippen LogP) is 5.12. The van der Waals surface area contributed by atoms with Gasteiger partial charge in [0.1, 0.15) is 24.0 Å². The second-order valence-corrected chi connectivity index (χ2v) is 13.7. The molecule has 47 heavy (non-hydrogen) atoms. The van der Waals surface area contributed by atoms with Crippen molar-refractivity contribution >= 4 is 35.4 Å². The minimum atomic E-state index is -1.20. The van der Waals surface area contributed by atoms with Crippen LogP contribution in [0.15, 0.2) is 60.7 Å². The van der Waals surface area contributed by atoms with Gasteiger partial charge in [-0.1, -0.05) is 74.8 Å². The molecule has 0 aromatic heterocycles. The number of methoxy groups -OCH3 is 1. The lowest BCUT2D eigenvalue weighted by molar-refractivity contribution is -0.179. The summed E-state index contributed by atoms with van der Waals surface area (Å²) in [6.07, 6.45) is 1.34.